The topological polar surface area (TPSA) is 12.4 Å². The molecule has 0 atom stereocenters. The highest BCUT2D eigenvalue weighted by molar-refractivity contribution is 8.16. The highest BCUT2D eigenvalue weighted by atomic mass is 32.2. The van der Waals surface area contributed by atoms with Gasteiger partial charge in [0, 0.05) is 6.54 Å². The molecule has 0 spiro atoms. The van der Waals surface area contributed by atoms with Gasteiger partial charge < -0.3 is 0 Å². The second-order valence-corrected chi connectivity index (χ2v) is 2.44. The zero-order chi connectivity index (χ0) is 8.41. The first-order valence-electron chi connectivity index (χ1n) is 3.60. The van der Waals surface area contributed by atoms with Gasteiger partial charge in [-0.05, 0) is 19.3 Å². The van der Waals surface area contributed by atoms with Crippen molar-refractivity contribution in [3.8, 4) is 0 Å². The molecular weight excluding hydrogens is 142 g/mol. The number of thioether (sulfide) groups is 1. The number of hydrogen-bond acceptors (Lipinski definition) is 2. The van der Waals surface area contributed by atoms with Crippen LogP contribution in [0.15, 0.2) is 17.0 Å². The molecule has 10 heavy (non-hydrogen) atoms. The molecule has 0 bridgehead atoms. The van der Waals surface area contributed by atoms with Crippen LogP contribution in [0.2, 0.25) is 0 Å². The molecule has 60 valence electrons. The first-order valence-corrected chi connectivity index (χ1v) is 4.47. The van der Waals surface area contributed by atoms with Gasteiger partial charge in [-0.25, -0.2) is 0 Å². The largest absolute Gasteiger partial charge is 0.283 e. The smallest absolute Gasteiger partial charge is 0.0686 e. The molecule has 0 aliphatic carbocycles. The van der Waals surface area contributed by atoms with Crippen LogP contribution in [0.5, 0.6) is 0 Å². The normalized spacial score (nSPS) is 9.80. The lowest BCUT2D eigenvalue weighted by atomic mass is 10.7. The summed E-state index contributed by atoms with van der Waals surface area (Å²) in [6.07, 6.45) is 0. The molecule has 0 saturated heterocycles. The third-order valence-electron chi connectivity index (χ3n) is 0.635. The Balaban J connectivity index is 0. The molecule has 0 heterocycles. The predicted molar refractivity (Wildman–Crippen MR) is 52.8 cm³/mol. The number of aliphatic imine (C=N–C) groups is 1. The van der Waals surface area contributed by atoms with Crippen LogP contribution < -0.4 is 0 Å². The van der Waals surface area contributed by atoms with E-state index in [2.05, 4.69) is 11.6 Å². The van der Waals surface area contributed by atoms with Crippen molar-refractivity contribution in [2.24, 2.45) is 4.99 Å². The Labute approximate surface area is 68.6 Å². The molecule has 0 rings (SSSR count). The summed E-state index contributed by atoms with van der Waals surface area (Å²) in [5.41, 5.74) is 0. The molecule has 0 aromatic rings. The Hall–Kier alpha value is -0.240. The maximum absolute atomic E-state index is 4.12. The third-order valence-corrected chi connectivity index (χ3v) is 1.27. The summed E-state index contributed by atoms with van der Waals surface area (Å²) in [6, 6.07) is 0. The minimum atomic E-state index is 0.868. The van der Waals surface area contributed by atoms with E-state index in [4.69, 9.17) is 0 Å². The van der Waals surface area contributed by atoms with E-state index in [1.807, 2.05) is 27.7 Å². The van der Waals surface area contributed by atoms with Gasteiger partial charge in [0.05, 0.1) is 5.04 Å². The van der Waals surface area contributed by atoms with Crippen molar-refractivity contribution in [2.75, 3.05) is 6.54 Å². The molecule has 0 saturated carbocycles. The van der Waals surface area contributed by atoms with Gasteiger partial charge in [0.25, 0.3) is 0 Å². The minimum Gasteiger partial charge on any atom is -0.283 e. The molecule has 0 aromatic heterocycles. The molecule has 0 aliphatic rings. The summed E-state index contributed by atoms with van der Waals surface area (Å²) in [7, 11) is 0. The van der Waals surface area contributed by atoms with Crippen LogP contribution in [0.1, 0.15) is 27.7 Å². The summed E-state index contributed by atoms with van der Waals surface area (Å²) in [5.74, 6) is 0. The van der Waals surface area contributed by atoms with Gasteiger partial charge in [-0.1, -0.05) is 32.2 Å². The van der Waals surface area contributed by atoms with Crippen LogP contribution >= 0.6 is 11.8 Å². The SMILES string of the molecule is C=CSC(C)=NCC.CC. The van der Waals surface area contributed by atoms with Crippen molar-refractivity contribution in [1.29, 1.82) is 0 Å². The van der Waals surface area contributed by atoms with Gasteiger partial charge >= 0.3 is 0 Å². The Morgan fingerprint density at radius 3 is 2.40 bits per heavy atom. The van der Waals surface area contributed by atoms with E-state index < -0.39 is 0 Å². The van der Waals surface area contributed by atoms with Crippen LogP contribution in [-0.2, 0) is 0 Å². The molecule has 0 fully saturated rings. The van der Waals surface area contributed by atoms with E-state index in [0.29, 0.717) is 0 Å². The molecule has 0 unspecified atom stereocenters. The van der Waals surface area contributed by atoms with Crippen LogP contribution in [0.25, 0.3) is 0 Å². The van der Waals surface area contributed by atoms with Gasteiger partial charge in [0.1, 0.15) is 0 Å². The fourth-order valence-corrected chi connectivity index (χ4v) is 0.825. The third kappa shape index (κ3) is 10.7. The minimum absolute atomic E-state index is 0.868. The quantitative estimate of drug-likeness (QED) is 0.444. The van der Waals surface area contributed by atoms with Gasteiger partial charge in [0.2, 0.25) is 0 Å². The van der Waals surface area contributed by atoms with Crippen LogP contribution in [0.3, 0.4) is 0 Å². The lowest BCUT2D eigenvalue weighted by molar-refractivity contribution is 1.13. The van der Waals surface area contributed by atoms with Crippen molar-refractivity contribution in [1.82, 2.24) is 0 Å². The summed E-state index contributed by atoms with van der Waals surface area (Å²) in [5, 5.41) is 2.87. The van der Waals surface area contributed by atoms with E-state index in [1.54, 1.807) is 17.2 Å². The van der Waals surface area contributed by atoms with E-state index in [9.17, 15) is 0 Å². The van der Waals surface area contributed by atoms with Gasteiger partial charge in [-0.15, -0.1) is 0 Å². The van der Waals surface area contributed by atoms with Crippen molar-refractivity contribution in [3.05, 3.63) is 12.0 Å². The predicted octanol–water partition coefficient (Wildman–Crippen LogP) is 3.33. The molecular formula is C8H17NS. The summed E-state index contributed by atoms with van der Waals surface area (Å²) >= 11 is 1.57. The molecule has 0 aliphatic heterocycles. The van der Waals surface area contributed by atoms with Crippen molar-refractivity contribution < 1.29 is 0 Å². The first-order chi connectivity index (χ1) is 4.81. The highest BCUT2D eigenvalue weighted by Gasteiger charge is 1.81. The second-order valence-electron chi connectivity index (χ2n) is 1.28. The lowest BCUT2D eigenvalue weighted by Gasteiger charge is -1.89. The Bertz CT molecular complexity index is 97.4. The molecule has 0 amide bonds. The van der Waals surface area contributed by atoms with Crippen molar-refractivity contribution in [3.63, 3.8) is 0 Å². The zero-order valence-electron chi connectivity index (χ0n) is 7.35. The van der Waals surface area contributed by atoms with E-state index in [0.717, 1.165) is 11.6 Å². The van der Waals surface area contributed by atoms with Crippen molar-refractivity contribution in [2.45, 2.75) is 27.7 Å². The summed E-state index contributed by atoms with van der Waals surface area (Å²) < 4.78 is 0. The molecule has 0 N–H and O–H groups in total. The van der Waals surface area contributed by atoms with E-state index in [-0.39, 0.29) is 0 Å². The zero-order valence-corrected chi connectivity index (χ0v) is 8.16. The lowest BCUT2D eigenvalue weighted by Crippen LogP contribution is -1.80. The van der Waals surface area contributed by atoms with Crippen molar-refractivity contribution >= 4 is 16.8 Å². The highest BCUT2D eigenvalue weighted by Crippen LogP contribution is 2.02. The average Bonchev–Trinajstić information content (AvgIpc) is 1.93. The fraction of sp³-hybridized carbons (Fsp3) is 0.625. The molecule has 2 heteroatoms. The molecule has 0 radical (unpaired) electrons. The summed E-state index contributed by atoms with van der Waals surface area (Å²) in [6.45, 7) is 12.4. The number of rotatable bonds is 2. The number of nitrogens with zero attached hydrogens (tertiary/aromatic N) is 1. The standard InChI is InChI=1S/C6H11NS.C2H6/c1-4-7-6(3)8-5-2;1-2/h5H,2,4H2,1,3H3;1-2H3. The van der Waals surface area contributed by atoms with Gasteiger partial charge in [0.15, 0.2) is 0 Å². The Morgan fingerprint density at radius 2 is 2.10 bits per heavy atom. The monoisotopic (exact) mass is 159 g/mol. The summed E-state index contributed by atoms with van der Waals surface area (Å²) in [4.78, 5) is 4.12. The van der Waals surface area contributed by atoms with Gasteiger partial charge in [-0.2, -0.15) is 0 Å². The average molecular weight is 159 g/mol. The van der Waals surface area contributed by atoms with Crippen LogP contribution in [0, 0.1) is 0 Å². The Kier molecular flexibility index (Phi) is 14.4. The van der Waals surface area contributed by atoms with E-state index >= 15 is 0 Å². The number of hydrogen-bond donors (Lipinski definition) is 0. The molecule has 1 nitrogen and oxygen atoms in total. The Morgan fingerprint density at radius 1 is 1.60 bits per heavy atom. The maximum atomic E-state index is 4.12. The van der Waals surface area contributed by atoms with Crippen LogP contribution in [-0.4, -0.2) is 11.6 Å². The first kappa shape index (κ1) is 12.4. The molecule has 0 aromatic carbocycles. The maximum Gasteiger partial charge on any atom is 0.0686 e. The van der Waals surface area contributed by atoms with Gasteiger partial charge in [-0.3, -0.25) is 4.99 Å². The fourth-order valence-electron chi connectivity index (χ4n) is 0.381. The van der Waals surface area contributed by atoms with E-state index in [1.165, 1.54) is 0 Å². The van der Waals surface area contributed by atoms with Crippen LogP contribution in [0.4, 0.5) is 0 Å². The second kappa shape index (κ2) is 11.5.